The third-order valence-electron chi connectivity index (χ3n) is 4.47. The molecule has 1 aromatic heterocycles. The van der Waals surface area contributed by atoms with Crippen molar-refractivity contribution in [2.24, 2.45) is 0 Å². The van der Waals surface area contributed by atoms with Crippen LogP contribution in [-0.4, -0.2) is 36.2 Å². The molecular weight excluding hydrogens is 394 g/mol. The van der Waals surface area contributed by atoms with Crippen LogP contribution in [0.5, 0.6) is 0 Å². The number of anilines is 1. The molecule has 0 saturated carbocycles. The molecule has 1 amide bonds. The van der Waals surface area contributed by atoms with Crippen molar-refractivity contribution in [3.8, 4) is 0 Å². The highest BCUT2D eigenvalue weighted by Crippen LogP contribution is 2.20. The van der Waals surface area contributed by atoms with E-state index in [9.17, 15) is 4.79 Å². The zero-order valence-corrected chi connectivity index (χ0v) is 16.9. The van der Waals surface area contributed by atoms with Gasteiger partial charge in [-0.2, -0.15) is 0 Å². The van der Waals surface area contributed by atoms with Gasteiger partial charge >= 0.3 is 0 Å². The van der Waals surface area contributed by atoms with Crippen molar-refractivity contribution >= 4 is 27.7 Å². The van der Waals surface area contributed by atoms with Crippen molar-refractivity contribution in [2.45, 2.75) is 39.0 Å². The van der Waals surface area contributed by atoms with Gasteiger partial charge in [-0.1, -0.05) is 28.1 Å². The van der Waals surface area contributed by atoms with Crippen molar-refractivity contribution in [1.29, 1.82) is 0 Å². The first-order chi connectivity index (χ1) is 12.4. The highest BCUT2D eigenvalue weighted by atomic mass is 79.9. The molecule has 1 aliphatic heterocycles. The zero-order chi connectivity index (χ0) is 18.7. The largest absolute Gasteiger partial charge is 0.372 e. The van der Waals surface area contributed by atoms with Gasteiger partial charge in [0.1, 0.15) is 5.82 Å². The van der Waals surface area contributed by atoms with Gasteiger partial charge in [0, 0.05) is 23.8 Å². The van der Waals surface area contributed by atoms with Crippen LogP contribution in [0.3, 0.4) is 0 Å². The number of amides is 1. The van der Waals surface area contributed by atoms with Crippen molar-refractivity contribution in [1.82, 2.24) is 10.3 Å². The Hall–Kier alpha value is -1.92. The molecule has 2 heterocycles. The number of aromatic nitrogens is 1. The molecule has 1 saturated heterocycles. The Labute approximate surface area is 162 Å². The van der Waals surface area contributed by atoms with Gasteiger partial charge in [0.05, 0.1) is 23.8 Å². The Morgan fingerprint density at radius 1 is 1.19 bits per heavy atom. The van der Waals surface area contributed by atoms with Crippen molar-refractivity contribution in [3.63, 3.8) is 0 Å². The van der Waals surface area contributed by atoms with E-state index in [0.717, 1.165) is 28.9 Å². The zero-order valence-electron chi connectivity index (χ0n) is 15.3. The first-order valence-corrected chi connectivity index (χ1v) is 9.64. The topological polar surface area (TPSA) is 54.5 Å². The van der Waals surface area contributed by atoms with Gasteiger partial charge in [-0.15, -0.1) is 0 Å². The van der Waals surface area contributed by atoms with Crippen molar-refractivity contribution in [2.75, 3.05) is 18.0 Å². The number of ether oxygens (including phenoxy) is 1. The predicted octanol–water partition coefficient (Wildman–Crippen LogP) is 3.95. The average Bonchev–Trinajstić information content (AvgIpc) is 2.61. The molecule has 0 bridgehead atoms. The monoisotopic (exact) mass is 417 g/mol. The fourth-order valence-corrected chi connectivity index (χ4v) is 3.45. The number of nitrogens with one attached hydrogen (secondary N) is 1. The van der Waals surface area contributed by atoms with E-state index in [-0.39, 0.29) is 24.2 Å². The Morgan fingerprint density at radius 2 is 1.85 bits per heavy atom. The lowest BCUT2D eigenvalue weighted by atomic mass is 10.1. The highest BCUT2D eigenvalue weighted by Gasteiger charge is 2.23. The lowest BCUT2D eigenvalue weighted by Gasteiger charge is -2.36. The van der Waals surface area contributed by atoms with Crippen LogP contribution < -0.4 is 10.2 Å². The summed E-state index contributed by atoms with van der Waals surface area (Å²) in [5, 5.41) is 3.02. The number of nitrogens with zero attached hydrogens (tertiary/aromatic N) is 2. The summed E-state index contributed by atoms with van der Waals surface area (Å²) in [5.41, 5.74) is 1.62. The number of benzene rings is 1. The second-order valence-electron chi connectivity index (χ2n) is 6.81. The third-order valence-corrected chi connectivity index (χ3v) is 5.00. The molecule has 0 spiro atoms. The lowest BCUT2D eigenvalue weighted by Crippen LogP contribution is -2.45. The van der Waals surface area contributed by atoms with Gasteiger partial charge in [-0.25, -0.2) is 4.98 Å². The van der Waals surface area contributed by atoms with E-state index in [1.54, 1.807) is 6.20 Å². The Balaban J connectivity index is 1.64. The molecule has 5 nitrogen and oxygen atoms in total. The quantitative estimate of drug-likeness (QED) is 0.817. The summed E-state index contributed by atoms with van der Waals surface area (Å²) in [6, 6.07) is 11.6. The van der Waals surface area contributed by atoms with Crippen molar-refractivity contribution in [3.05, 3.63) is 58.2 Å². The summed E-state index contributed by atoms with van der Waals surface area (Å²) in [5.74, 6) is 0.757. The first-order valence-electron chi connectivity index (χ1n) is 8.85. The molecule has 138 valence electrons. The molecule has 0 aliphatic carbocycles. The van der Waals surface area contributed by atoms with Crippen LogP contribution in [0.15, 0.2) is 47.1 Å². The average molecular weight is 418 g/mol. The van der Waals surface area contributed by atoms with E-state index >= 15 is 0 Å². The number of rotatable bonds is 4. The number of pyridine rings is 1. The number of carbonyl (C=O) groups excluding carboxylic acids is 1. The lowest BCUT2D eigenvalue weighted by molar-refractivity contribution is -0.00546. The minimum Gasteiger partial charge on any atom is -0.372 e. The third kappa shape index (κ3) is 4.62. The number of hydrogen-bond donors (Lipinski definition) is 1. The van der Waals surface area contributed by atoms with Crippen LogP contribution in [0.1, 0.15) is 42.7 Å². The Morgan fingerprint density at radius 3 is 2.42 bits per heavy atom. The van der Waals surface area contributed by atoms with E-state index in [2.05, 4.69) is 45.0 Å². The number of hydrogen-bond acceptors (Lipinski definition) is 4. The molecule has 1 fully saturated rings. The van der Waals surface area contributed by atoms with Crippen molar-refractivity contribution < 1.29 is 9.53 Å². The maximum absolute atomic E-state index is 12.5. The van der Waals surface area contributed by atoms with Gasteiger partial charge in [0.15, 0.2) is 0 Å². The minimum atomic E-state index is -0.122. The Bertz CT molecular complexity index is 739. The summed E-state index contributed by atoms with van der Waals surface area (Å²) in [4.78, 5) is 19.2. The predicted molar refractivity (Wildman–Crippen MR) is 106 cm³/mol. The van der Waals surface area contributed by atoms with E-state index in [1.807, 2.05) is 43.3 Å². The SMILES string of the molecule is C[C@@H]1CN(c2ccc(C(=O)N[C@@H](C)c3ccc(Br)cc3)cn2)C[C@@H](C)O1. The summed E-state index contributed by atoms with van der Waals surface area (Å²) in [7, 11) is 0. The second kappa shape index (κ2) is 8.18. The fourth-order valence-electron chi connectivity index (χ4n) is 3.19. The summed E-state index contributed by atoms with van der Waals surface area (Å²) in [6.45, 7) is 7.72. The van der Waals surface area contributed by atoms with E-state index < -0.39 is 0 Å². The maximum atomic E-state index is 12.5. The number of halogens is 1. The number of morpholine rings is 1. The minimum absolute atomic E-state index is 0.0729. The standard InChI is InChI=1S/C20H24BrN3O2/c1-13-11-24(12-14(2)26-13)19-9-6-17(10-22-19)20(25)23-15(3)16-4-7-18(21)8-5-16/h4-10,13-15H,11-12H2,1-3H3,(H,23,25)/t13-,14-,15+/m1/s1. The van der Waals surface area contributed by atoms with Gasteiger partial charge in [0.2, 0.25) is 0 Å². The fraction of sp³-hybridized carbons (Fsp3) is 0.400. The highest BCUT2D eigenvalue weighted by molar-refractivity contribution is 9.10. The summed E-state index contributed by atoms with van der Waals surface area (Å²) in [6.07, 6.45) is 2.00. The van der Waals surface area contributed by atoms with Crippen LogP contribution >= 0.6 is 15.9 Å². The smallest absolute Gasteiger partial charge is 0.253 e. The molecule has 1 aromatic carbocycles. The van der Waals surface area contributed by atoms with Gasteiger partial charge in [-0.3, -0.25) is 4.79 Å². The summed E-state index contributed by atoms with van der Waals surface area (Å²) >= 11 is 3.42. The molecule has 0 radical (unpaired) electrons. The molecule has 0 unspecified atom stereocenters. The first kappa shape index (κ1) is 18.9. The second-order valence-corrected chi connectivity index (χ2v) is 7.73. The molecule has 1 N–H and O–H groups in total. The van der Waals surface area contributed by atoms with E-state index in [4.69, 9.17) is 4.74 Å². The molecule has 1 aliphatic rings. The molecule has 6 heteroatoms. The van der Waals surface area contributed by atoms with E-state index in [1.165, 1.54) is 0 Å². The molecule has 3 atom stereocenters. The molecule has 2 aromatic rings. The Kier molecular flexibility index (Phi) is 5.94. The molecular formula is C20H24BrN3O2. The maximum Gasteiger partial charge on any atom is 0.253 e. The molecule has 3 rings (SSSR count). The number of carbonyl (C=O) groups is 1. The van der Waals surface area contributed by atoms with Gasteiger partial charge in [-0.05, 0) is 50.6 Å². The normalized spacial score (nSPS) is 21.3. The van der Waals surface area contributed by atoms with Crippen LogP contribution in [-0.2, 0) is 4.74 Å². The van der Waals surface area contributed by atoms with Gasteiger partial charge in [0.25, 0.3) is 5.91 Å². The molecule has 26 heavy (non-hydrogen) atoms. The van der Waals surface area contributed by atoms with E-state index in [0.29, 0.717) is 5.56 Å². The van der Waals surface area contributed by atoms with Crippen LogP contribution in [0.2, 0.25) is 0 Å². The summed E-state index contributed by atoms with van der Waals surface area (Å²) < 4.78 is 6.78. The van der Waals surface area contributed by atoms with Crippen LogP contribution in [0.4, 0.5) is 5.82 Å². The van der Waals surface area contributed by atoms with Crippen LogP contribution in [0.25, 0.3) is 0 Å². The van der Waals surface area contributed by atoms with Gasteiger partial charge < -0.3 is 15.0 Å². The van der Waals surface area contributed by atoms with Crippen LogP contribution in [0, 0.1) is 0 Å².